The van der Waals surface area contributed by atoms with Crippen molar-refractivity contribution in [2.24, 2.45) is 5.92 Å². The van der Waals surface area contributed by atoms with Crippen LogP contribution < -0.4 is 9.47 Å². The normalized spacial score (nSPS) is 13.1. The van der Waals surface area contributed by atoms with Crippen LogP contribution in [-0.4, -0.2) is 19.3 Å². The lowest BCUT2D eigenvalue weighted by Gasteiger charge is -2.37. The SMILES string of the molecule is CCCCCCCCCCCCCCCCc1ccc(C(O)(c2c(C)c(OC)c(C)c(C)c2OC)C(C)C)cc1. The van der Waals surface area contributed by atoms with Gasteiger partial charge in [0.05, 0.1) is 14.2 Å². The Hall–Kier alpha value is -2.00. The summed E-state index contributed by atoms with van der Waals surface area (Å²) in [5.74, 6) is 1.52. The first-order valence-electron chi connectivity index (χ1n) is 16.3. The van der Waals surface area contributed by atoms with Gasteiger partial charge in [-0.3, -0.25) is 0 Å². The Bertz CT molecular complexity index is 992. The van der Waals surface area contributed by atoms with Crippen molar-refractivity contribution >= 4 is 0 Å². The maximum atomic E-state index is 12.3. The number of rotatable bonds is 20. The number of benzene rings is 2. The van der Waals surface area contributed by atoms with Crippen molar-refractivity contribution in [3.63, 3.8) is 0 Å². The standard InChI is InChI=1S/C37H60O3/c1-9-10-11-12-13-14-15-16-17-18-19-20-21-22-23-32-24-26-33(27-25-32)37(38,28(2)3)34-31(6)35(39-7)29(4)30(5)36(34)40-8/h24-28,38H,9-23H2,1-8H3. The predicted octanol–water partition coefficient (Wildman–Crippen LogP) is 10.5. The molecule has 0 aliphatic heterocycles. The number of ether oxygens (including phenoxy) is 2. The first-order chi connectivity index (χ1) is 19.2. The van der Waals surface area contributed by atoms with Gasteiger partial charge in [-0.15, -0.1) is 0 Å². The summed E-state index contributed by atoms with van der Waals surface area (Å²) in [5, 5.41) is 12.3. The van der Waals surface area contributed by atoms with E-state index in [1.807, 2.05) is 20.8 Å². The Morgan fingerprint density at radius 2 is 1.05 bits per heavy atom. The molecule has 3 heteroatoms. The molecule has 0 aliphatic rings. The van der Waals surface area contributed by atoms with Gasteiger partial charge in [-0.05, 0) is 61.8 Å². The Morgan fingerprint density at radius 1 is 0.625 bits per heavy atom. The van der Waals surface area contributed by atoms with E-state index in [9.17, 15) is 5.11 Å². The highest BCUT2D eigenvalue weighted by Gasteiger charge is 2.41. The molecular formula is C37H60O3. The molecule has 0 amide bonds. The third-order valence-electron chi connectivity index (χ3n) is 9.02. The molecule has 1 atom stereocenters. The van der Waals surface area contributed by atoms with Crippen LogP contribution in [0.15, 0.2) is 24.3 Å². The van der Waals surface area contributed by atoms with Gasteiger partial charge >= 0.3 is 0 Å². The van der Waals surface area contributed by atoms with Crippen LogP contribution in [-0.2, 0) is 12.0 Å². The second kappa shape index (κ2) is 17.7. The van der Waals surface area contributed by atoms with Crippen LogP contribution in [0.5, 0.6) is 11.5 Å². The average molecular weight is 553 g/mol. The number of aryl methyl sites for hydroxylation is 1. The van der Waals surface area contributed by atoms with Gasteiger partial charge in [-0.2, -0.15) is 0 Å². The minimum atomic E-state index is -1.19. The smallest absolute Gasteiger partial charge is 0.129 e. The summed E-state index contributed by atoms with van der Waals surface area (Å²) in [4.78, 5) is 0. The van der Waals surface area contributed by atoms with Crippen LogP contribution in [0.4, 0.5) is 0 Å². The summed E-state index contributed by atoms with van der Waals surface area (Å²) < 4.78 is 11.7. The zero-order valence-electron chi connectivity index (χ0n) is 27.3. The van der Waals surface area contributed by atoms with Crippen molar-refractivity contribution in [2.75, 3.05) is 14.2 Å². The van der Waals surface area contributed by atoms with E-state index >= 15 is 0 Å². The Kier molecular flexibility index (Phi) is 15.2. The van der Waals surface area contributed by atoms with Crippen molar-refractivity contribution < 1.29 is 14.6 Å². The van der Waals surface area contributed by atoms with E-state index in [-0.39, 0.29) is 5.92 Å². The van der Waals surface area contributed by atoms with Crippen LogP contribution in [0.2, 0.25) is 0 Å². The molecule has 1 unspecified atom stereocenters. The molecule has 3 nitrogen and oxygen atoms in total. The van der Waals surface area contributed by atoms with Crippen LogP contribution in [0.3, 0.4) is 0 Å². The van der Waals surface area contributed by atoms with Crippen LogP contribution in [0, 0.1) is 26.7 Å². The van der Waals surface area contributed by atoms with E-state index in [1.165, 1.54) is 95.5 Å². The molecule has 2 rings (SSSR count). The van der Waals surface area contributed by atoms with Crippen molar-refractivity contribution in [1.82, 2.24) is 0 Å². The van der Waals surface area contributed by atoms with Gasteiger partial charge in [0, 0.05) is 11.1 Å². The van der Waals surface area contributed by atoms with Gasteiger partial charge in [0.2, 0.25) is 0 Å². The van der Waals surface area contributed by atoms with Gasteiger partial charge < -0.3 is 14.6 Å². The van der Waals surface area contributed by atoms with E-state index in [0.29, 0.717) is 0 Å². The number of hydrogen-bond acceptors (Lipinski definition) is 3. The van der Waals surface area contributed by atoms with Gasteiger partial charge in [-0.25, -0.2) is 0 Å². The largest absolute Gasteiger partial charge is 0.496 e. The summed E-state index contributed by atoms with van der Waals surface area (Å²) in [5.41, 5.74) is 4.86. The molecule has 2 aromatic rings. The summed E-state index contributed by atoms with van der Waals surface area (Å²) in [7, 11) is 3.39. The number of unbranched alkanes of at least 4 members (excludes halogenated alkanes) is 13. The minimum Gasteiger partial charge on any atom is -0.496 e. The summed E-state index contributed by atoms with van der Waals surface area (Å²) in [6.07, 6.45) is 20.5. The highest BCUT2D eigenvalue weighted by Crippen LogP contribution is 2.48. The minimum absolute atomic E-state index is 0.0523. The van der Waals surface area contributed by atoms with Crippen molar-refractivity contribution in [3.05, 3.63) is 57.6 Å². The molecule has 0 bridgehead atoms. The predicted molar refractivity (Wildman–Crippen MR) is 172 cm³/mol. The maximum absolute atomic E-state index is 12.3. The quantitative estimate of drug-likeness (QED) is 0.166. The van der Waals surface area contributed by atoms with Gasteiger partial charge in [0.15, 0.2) is 0 Å². The molecule has 40 heavy (non-hydrogen) atoms. The summed E-state index contributed by atoms with van der Waals surface area (Å²) >= 11 is 0. The highest BCUT2D eigenvalue weighted by molar-refractivity contribution is 5.62. The molecule has 0 heterocycles. The molecule has 0 fully saturated rings. The van der Waals surface area contributed by atoms with E-state index in [2.05, 4.69) is 45.0 Å². The monoisotopic (exact) mass is 552 g/mol. The van der Waals surface area contributed by atoms with Crippen molar-refractivity contribution in [3.8, 4) is 11.5 Å². The molecular weight excluding hydrogens is 492 g/mol. The second-order valence-corrected chi connectivity index (χ2v) is 12.3. The molecule has 1 N–H and O–H groups in total. The number of aliphatic hydroxyl groups is 1. The fourth-order valence-corrected chi connectivity index (χ4v) is 6.33. The molecule has 0 aromatic heterocycles. The van der Waals surface area contributed by atoms with E-state index in [0.717, 1.165) is 45.7 Å². The van der Waals surface area contributed by atoms with Crippen molar-refractivity contribution in [1.29, 1.82) is 0 Å². The van der Waals surface area contributed by atoms with E-state index in [4.69, 9.17) is 9.47 Å². The first kappa shape index (κ1) is 34.2. The molecule has 0 aliphatic carbocycles. The Balaban J connectivity index is 1.89. The lowest BCUT2D eigenvalue weighted by atomic mass is 9.74. The van der Waals surface area contributed by atoms with Crippen molar-refractivity contribution in [2.45, 2.75) is 143 Å². The van der Waals surface area contributed by atoms with Gasteiger partial charge in [0.25, 0.3) is 0 Å². The molecule has 0 saturated heterocycles. The van der Waals surface area contributed by atoms with Gasteiger partial charge in [0.1, 0.15) is 17.1 Å². The van der Waals surface area contributed by atoms with Crippen LogP contribution >= 0.6 is 0 Å². The molecule has 2 aromatic carbocycles. The molecule has 0 radical (unpaired) electrons. The molecule has 0 saturated carbocycles. The van der Waals surface area contributed by atoms with E-state index < -0.39 is 5.60 Å². The Morgan fingerprint density at radius 3 is 1.48 bits per heavy atom. The van der Waals surface area contributed by atoms with E-state index in [1.54, 1.807) is 14.2 Å². The maximum Gasteiger partial charge on any atom is 0.129 e. The van der Waals surface area contributed by atoms with Crippen LogP contribution in [0.25, 0.3) is 0 Å². The van der Waals surface area contributed by atoms with Gasteiger partial charge in [-0.1, -0.05) is 129 Å². The average Bonchev–Trinajstić information content (AvgIpc) is 2.95. The number of methoxy groups -OCH3 is 2. The second-order valence-electron chi connectivity index (χ2n) is 12.3. The lowest BCUT2D eigenvalue weighted by Crippen LogP contribution is -2.35. The zero-order chi connectivity index (χ0) is 29.5. The highest BCUT2D eigenvalue weighted by atomic mass is 16.5. The topological polar surface area (TPSA) is 38.7 Å². The van der Waals surface area contributed by atoms with Crippen LogP contribution in [0.1, 0.15) is 144 Å². The Labute approximate surface area is 247 Å². The molecule has 226 valence electrons. The third kappa shape index (κ3) is 9.00. The fourth-order valence-electron chi connectivity index (χ4n) is 6.33. The third-order valence-corrected chi connectivity index (χ3v) is 9.02. The summed E-state index contributed by atoms with van der Waals surface area (Å²) in [6, 6.07) is 8.62. The summed E-state index contributed by atoms with van der Waals surface area (Å²) in [6.45, 7) is 12.6. The first-order valence-corrected chi connectivity index (χ1v) is 16.3. The number of hydrogen-bond donors (Lipinski definition) is 1. The molecule has 0 spiro atoms. The lowest BCUT2D eigenvalue weighted by molar-refractivity contribution is 0.0285. The fraction of sp³-hybridized carbons (Fsp3) is 0.676. The zero-order valence-corrected chi connectivity index (χ0v) is 27.3.